The van der Waals surface area contributed by atoms with Crippen molar-refractivity contribution in [2.24, 2.45) is 7.05 Å². The molecule has 1 unspecified atom stereocenters. The minimum Gasteiger partial charge on any atom is -0.480 e. The number of hydrogen-bond acceptors (Lipinski definition) is 8. The van der Waals surface area contributed by atoms with Crippen molar-refractivity contribution in [1.29, 1.82) is 0 Å². The van der Waals surface area contributed by atoms with Crippen molar-refractivity contribution in [1.82, 2.24) is 19.3 Å². The molecular formula is C29H32N4O7S. The number of fused-ring (bicyclic) bond motifs is 1. The van der Waals surface area contributed by atoms with E-state index in [4.69, 9.17) is 9.47 Å². The Hall–Kier alpha value is -4.29. The molecule has 0 bridgehead atoms. The number of aryl methyl sites for hydroxylation is 2. The van der Waals surface area contributed by atoms with E-state index in [1.165, 1.54) is 16.0 Å². The molecule has 0 fully saturated rings. The molecule has 4 rings (SSSR count). The van der Waals surface area contributed by atoms with Crippen LogP contribution in [-0.2, 0) is 37.9 Å². The van der Waals surface area contributed by atoms with Gasteiger partial charge in [-0.15, -0.1) is 5.10 Å². The molecule has 0 aliphatic rings. The number of carboxylic acids is 1. The maximum Gasteiger partial charge on any atom is 0.341 e. The lowest BCUT2D eigenvalue weighted by atomic mass is 9.86. The van der Waals surface area contributed by atoms with Crippen LogP contribution >= 0.6 is 0 Å². The second kappa shape index (κ2) is 12.5. The first kappa shape index (κ1) is 29.7. The minimum atomic E-state index is -3.73. The third-order valence-corrected chi connectivity index (χ3v) is 8.55. The molecule has 0 aliphatic heterocycles. The number of carboxylic acid groups (broad SMARTS) is 1. The molecule has 216 valence electrons. The van der Waals surface area contributed by atoms with E-state index in [-0.39, 0.29) is 30.2 Å². The Bertz CT molecular complexity index is 1670. The maximum atomic E-state index is 13.2. The van der Waals surface area contributed by atoms with Crippen LogP contribution in [-0.4, -0.2) is 65.0 Å². The summed E-state index contributed by atoms with van der Waals surface area (Å²) in [5, 5.41) is 17.4. The summed E-state index contributed by atoms with van der Waals surface area (Å²) in [7, 11) is -0.531. The van der Waals surface area contributed by atoms with E-state index in [2.05, 4.69) is 10.3 Å². The quantitative estimate of drug-likeness (QED) is 0.249. The third kappa shape index (κ3) is 6.72. The van der Waals surface area contributed by atoms with E-state index in [9.17, 15) is 23.1 Å². The van der Waals surface area contributed by atoms with Crippen molar-refractivity contribution >= 4 is 33.0 Å². The summed E-state index contributed by atoms with van der Waals surface area (Å²) < 4.78 is 40.0. The van der Waals surface area contributed by atoms with Crippen LogP contribution in [0.5, 0.6) is 5.75 Å². The van der Waals surface area contributed by atoms with Gasteiger partial charge < -0.3 is 14.6 Å². The Morgan fingerprint density at radius 1 is 1.07 bits per heavy atom. The first-order valence-corrected chi connectivity index (χ1v) is 14.4. The van der Waals surface area contributed by atoms with Crippen LogP contribution in [0.15, 0.2) is 65.6 Å². The number of hydrogen-bond donors (Lipinski definition) is 1. The predicted octanol–water partition coefficient (Wildman–Crippen LogP) is 3.65. The Kier molecular flexibility index (Phi) is 9.04. The molecule has 0 saturated heterocycles. The van der Waals surface area contributed by atoms with Gasteiger partial charge in [-0.3, -0.25) is 4.79 Å². The number of carbonyl (C=O) groups excluding carboxylic acids is 1. The van der Waals surface area contributed by atoms with Crippen LogP contribution in [0.3, 0.4) is 0 Å². The minimum absolute atomic E-state index is 0.0152. The van der Waals surface area contributed by atoms with E-state index in [1.54, 1.807) is 56.4 Å². The van der Waals surface area contributed by atoms with E-state index in [0.29, 0.717) is 16.6 Å². The van der Waals surface area contributed by atoms with Crippen LogP contribution in [0, 0.1) is 6.92 Å². The van der Waals surface area contributed by atoms with Crippen LogP contribution < -0.4 is 4.74 Å². The molecule has 1 heterocycles. The second-order valence-corrected chi connectivity index (χ2v) is 11.6. The number of benzene rings is 3. The lowest BCUT2D eigenvalue weighted by Gasteiger charge is -2.22. The average molecular weight is 581 g/mol. The van der Waals surface area contributed by atoms with E-state index >= 15 is 0 Å². The molecule has 11 nitrogen and oxygen atoms in total. The standard InChI is InChI=1S/C29H32N4O7S/c1-5-39-28(36)16-24(21-14-25-29(33(4)31-30-25)26(15-21)40-18-27(34)35)20-12-11-19(2)22(13-20)17-32(3)41(37,38)23-9-7-6-8-10-23/h6-15,24H,5,16-18H2,1-4H3,(H,34,35). The molecule has 1 N–H and O–H groups in total. The lowest BCUT2D eigenvalue weighted by molar-refractivity contribution is -0.143. The molecule has 4 aromatic rings. The zero-order valence-corrected chi connectivity index (χ0v) is 24.1. The highest BCUT2D eigenvalue weighted by molar-refractivity contribution is 7.89. The third-order valence-electron chi connectivity index (χ3n) is 6.74. The number of esters is 1. The largest absolute Gasteiger partial charge is 0.480 e. The topological polar surface area (TPSA) is 141 Å². The van der Waals surface area contributed by atoms with Crippen molar-refractivity contribution in [3.05, 3.63) is 82.9 Å². The maximum absolute atomic E-state index is 13.2. The normalized spacial score (nSPS) is 12.4. The predicted molar refractivity (Wildman–Crippen MR) is 151 cm³/mol. The number of aliphatic carboxylic acids is 1. The molecular weight excluding hydrogens is 548 g/mol. The van der Waals surface area contributed by atoms with Gasteiger partial charge in [0, 0.05) is 26.6 Å². The van der Waals surface area contributed by atoms with Crippen LogP contribution in [0.2, 0.25) is 0 Å². The fraction of sp³-hybridized carbons (Fsp3) is 0.310. The van der Waals surface area contributed by atoms with Gasteiger partial charge in [0.25, 0.3) is 0 Å². The van der Waals surface area contributed by atoms with Gasteiger partial charge in [0.1, 0.15) is 16.8 Å². The lowest BCUT2D eigenvalue weighted by Crippen LogP contribution is -2.27. The Balaban J connectivity index is 1.76. The summed E-state index contributed by atoms with van der Waals surface area (Å²) in [6, 6.07) is 17.3. The molecule has 0 spiro atoms. The molecule has 1 atom stereocenters. The zero-order chi connectivity index (χ0) is 29.7. The highest BCUT2D eigenvalue weighted by Crippen LogP contribution is 2.36. The fourth-order valence-electron chi connectivity index (χ4n) is 4.62. The van der Waals surface area contributed by atoms with E-state index < -0.39 is 34.5 Å². The van der Waals surface area contributed by atoms with Gasteiger partial charge in [0.05, 0.1) is 17.9 Å². The van der Waals surface area contributed by atoms with Gasteiger partial charge >= 0.3 is 11.9 Å². The highest BCUT2D eigenvalue weighted by Gasteiger charge is 2.25. The van der Waals surface area contributed by atoms with E-state index in [1.807, 2.05) is 25.1 Å². The van der Waals surface area contributed by atoms with Crippen molar-refractivity contribution in [3.8, 4) is 5.75 Å². The van der Waals surface area contributed by atoms with Crippen molar-refractivity contribution in [2.45, 2.75) is 37.6 Å². The van der Waals surface area contributed by atoms with Gasteiger partial charge in [-0.1, -0.05) is 41.6 Å². The van der Waals surface area contributed by atoms with Crippen LogP contribution in [0.1, 0.15) is 41.5 Å². The van der Waals surface area contributed by atoms with Gasteiger partial charge in [-0.25, -0.2) is 17.9 Å². The molecule has 0 radical (unpaired) electrons. The number of aromatic nitrogens is 3. The molecule has 3 aromatic carbocycles. The summed E-state index contributed by atoms with van der Waals surface area (Å²) in [5.41, 5.74) is 4.03. The van der Waals surface area contributed by atoms with Crippen molar-refractivity contribution < 1.29 is 32.6 Å². The van der Waals surface area contributed by atoms with Gasteiger partial charge in [-0.05, 0) is 60.4 Å². The van der Waals surface area contributed by atoms with Gasteiger partial charge in [-0.2, -0.15) is 4.31 Å². The average Bonchev–Trinajstić information content (AvgIpc) is 3.32. The van der Waals surface area contributed by atoms with Gasteiger partial charge in [0.2, 0.25) is 10.0 Å². The SMILES string of the molecule is CCOC(=O)CC(c1ccc(C)c(CN(C)S(=O)(=O)c2ccccc2)c1)c1cc(OCC(=O)O)c2c(c1)nnn2C. The Labute approximate surface area is 238 Å². The summed E-state index contributed by atoms with van der Waals surface area (Å²) in [4.78, 5) is 24.2. The van der Waals surface area contributed by atoms with Crippen molar-refractivity contribution in [3.63, 3.8) is 0 Å². The Morgan fingerprint density at radius 2 is 1.80 bits per heavy atom. The van der Waals surface area contributed by atoms with E-state index in [0.717, 1.165) is 16.7 Å². The summed E-state index contributed by atoms with van der Waals surface area (Å²) in [5.74, 6) is -1.82. The van der Waals surface area contributed by atoms with Crippen LogP contribution in [0.4, 0.5) is 0 Å². The van der Waals surface area contributed by atoms with Crippen LogP contribution in [0.25, 0.3) is 11.0 Å². The molecule has 12 heteroatoms. The number of nitrogens with zero attached hydrogens (tertiary/aromatic N) is 4. The second-order valence-electron chi connectivity index (χ2n) is 9.60. The monoisotopic (exact) mass is 580 g/mol. The highest BCUT2D eigenvalue weighted by atomic mass is 32.2. The summed E-state index contributed by atoms with van der Waals surface area (Å²) >= 11 is 0. The molecule has 0 aliphatic carbocycles. The zero-order valence-electron chi connectivity index (χ0n) is 23.3. The molecule has 41 heavy (non-hydrogen) atoms. The molecule has 0 saturated carbocycles. The number of ether oxygens (including phenoxy) is 2. The molecule has 1 aromatic heterocycles. The number of sulfonamides is 1. The number of rotatable bonds is 12. The molecule has 0 amide bonds. The fourth-order valence-corrected chi connectivity index (χ4v) is 5.79. The van der Waals surface area contributed by atoms with Crippen molar-refractivity contribution in [2.75, 3.05) is 20.3 Å². The summed E-state index contributed by atoms with van der Waals surface area (Å²) in [6.45, 7) is 3.38. The van der Waals surface area contributed by atoms with Gasteiger partial charge in [0.15, 0.2) is 6.61 Å². The number of carbonyl (C=O) groups is 2. The summed E-state index contributed by atoms with van der Waals surface area (Å²) in [6.07, 6.45) is -0.0152. The first-order valence-electron chi connectivity index (χ1n) is 13.0. The smallest absolute Gasteiger partial charge is 0.341 e. The Morgan fingerprint density at radius 3 is 2.49 bits per heavy atom. The first-order chi connectivity index (χ1) is 19.5.